The Bertz CT molecular complexity index is 919. The molecule has 2 heterocycles. The van der Waals surface area contributed by atoms with Crippen molar-refractivity contribution in [2.45, 2.75) is 60.3 Å². The van der Waals surface area contributed by atoms with E-state index in [1.165, 1.54) is 27.8 Å². The van der Waals surface area contributed by atoms with Gasteiger partial charge in [0.2, 0.25) is 0 Å². The minimum absolute atomic E-state index is 0.472. The summed E-state index contributed by atoms with van der Waals surface area (Å²) in [5, 5.41) is 0. The molecule has 0 bridgehead atoms. The molecular weight excluding hydrogens is 328 g/mol. The SMILES string of the molecule is Cc1cc(C)c(-c2cc(-c3c(C(C)C)cccc3C(C)C)ccn2)c(C)n1. The Morgan fingerprint density at radius 3 is 1.96 bits per heavy atom. The van der Waals surface area contributed by atoms with Crippen molar-refractivity contribution in [2.75, 3.05) is 0 Å². The average molecular weight is 359 g/mol. The lowest BCUT2D eigenvalue weighted by Gasteiger charge is -2.20. The molecule has 0 saturated heterocycles. The van der Waals surface area contributed by atoms with Crippen LogP contribution in [0.15, 0.2) is 42.6 Å². The zero-order valence-corrected chi connectivity index (χ0v) is 17.6. The fourth-order valence-electron chi connectivity index (χ4n) is 4.02. The van der Waals surface area contributed by atoms with Crippen LogP contribution in [0.5, 0.6) is 0 Å². The van der Waals surface area contributed by atoms with Gasteiger partial charge >= 0.3 is 0 Å². The summed E-state index contributed by atoms with van der Waals surface area (Å²) in [6, 6.07) is 13.2. The average Bonchev–Trinajstić information content (AvgIpc) is 2.60. The van der Waals surface area contributed by atoms with Gasteiger partial charge < -0.3 is 0 Å². The van der Waals surface area contributed by atoms with Crippen LogP contribution in [-0.4, -0.2) is 9.97 Å². The van der Waals surface area contributed by atoms with Crippen LogP contribution >= 0.6 is 0 Å². The maximum Gasteiger partial charge on any atom is 0.0729 e. The van der Waals surface area contributed by atoms with Gasteiger partial charge in [-0.2, -0.15) is 0 Å². The quantitative estimate of drug-likeness (QED) is 0.502. The summed E-state index contributed by atoms with van der Waals surface area (Å²) in [6.07, 6.45) is 1.94. The number of aromatic nitrogens is 2. The van der Waals surface area contributed by atoms with Crippen LogP contribution in [0.4, 0.5) is 0 Å². The number of rotatable bonds is 4. The van der Waals surface area contributed by atoms with E-state index in [1.807, 2.05) is 13.1 Å². The van der Waals surface area contributed by atoms with E-state index < -0.39 is 0 Å². The topological polar surface area (TPSA) is 25.8 Å². The van der Waals surface area contributed by atoms with E-state index in [1.54, 1.807) is 0 Å². The molecule has 0 unspecified atom stereocenters. The van der Waals surface area contributed by atoms with Gasteiger partial charge in [-0.15, -0.1) is 0 Å². The molecule has 0 aliphatic heterocycles. The van der Waals surface area contributed by atoms with E-state index in [9.17, 15) is 0 Å². The second-order valence-corrected chi connectivity index (χ2v) is 8.09. The molecule has 0 spiro atoms. The molecule has 0 N–H and O–H groups in total. The van der Waals surface area contributed by atoms with Crippen LogP contribution in [0.3, 0.4) is 0 Å². The van der Waals surface area contributed by atoms with Crippen molar-refractivity contribution in [1.82, 2.24) is 9.97 Å². The molecule has 27 heavy (non-hydrogen) atoms. The highest BCUT2D eigenvalue weighted by molar-refractivity contribution is 5.77. The molecule has 0 atom stereocenters. The van der Waals surface area contributed by atoms with Crippen LogP contribution < -0.4 is 0 Å². The predicted octanol–water partition coefficient (Wildman–Crippen LogP) is 6.98. The lowest BCUT2D eigenvalue weighted by Crippen LogP contribution is -2.01. The number of hydrogen-bond donors (Lipinski definition) is 0. The zero-order valence-electron chi connectivity index (χ0n) is 17.6. The molecule has 0 fully saturated rings. The van der Waals surface area contributed by atoms with Crippen LogP contribution in [0, 0.1) is 20.8 Å². The molecule has 0 aliphatic rings. The summed E-state index contributed by atoms with van der Waals surface area (Å²) in [5.41, 5.74) is 10.9. The summed E-state index contributed by atoms with van der Waals surface area (Å²) < 4.78 is 0. The van der Waals surface area contributed by atoms with Gasteiger partial charge in [-0.05, 0) is 78.6 Å². The van der Waals surface area contributed by atoms with E-state index in [2.05, 4.69) is 82.9 Å². The van der Waals surface area contributed by atoms with Gasteiger partial charge in [0.15, 0.2) is 0 Å². The Labute approximate surface area is 163 Å². The van der Waals surface area contributed by atoms with E-state index in [-0.39, 0.29) is 0 Å². The Morgan fingerprint density at radius 2 is 1.41 bits per heavy atom. The van der Waals surface area contributed by atoms with Crippen molar-refractivity contribution in [3.63, 3.8) is 0 Å². The first-order valence-corrected chi connectivity index (χ1v) is 9.84. The van der Waals surface area contributed by atoms with Crippen LogP contribution in [0.2, 0.25) is 0 Å². The smallest absolute Gasteiger partial charge is 0.0729 e. The minimum Gasteiger partial charge on any atom is -0.258 e. The number of nitrogens with zero attached hydrogens (tertiary/aromatic N) is 2. The molecule has 0 radical (unpaired) electrons. The summed E-state index contributed by atoms with van der Waals surface area (Å²) in [4.78, 5) is 9.36. The van der Waals surface area contributed by atoms with Crippen molar-refractivity contribution in [1.29, 1.82) is 0 Å². The number of aryl methyl sites for hydroxylation is 3. The number of hydrogen-bond acceptors (Lipinski definition) is 2. The lowest BCUT2D eigenvalue weighted by molar-refractivity contribution is 0.838. The molecule has 0 saturated carbocycles. The maximum atomic E-state index is 4.70. The first-order chi connectivity index (χ1) is 12.8. The van der Waals surface area contributed by atoms with E-state index in [0.717, 1.165) is 22.6 Å². The van der Waals surface area contributed by atoms with E-state index >= 15 is 0 Å². The monoisotopic (exact) mass is 358 g/mol. The van der Waals surface area contributed by atoms with Gasteiger partial charge in [0.1, 0.15) is 0 Å². The Balaban J connectivity index is 2.24. The third kappa shape index (κ3) is 3.80. The molecule has 140 valence electrons. The predicted molar refractivity (Wildman–Crippen MR) is 115 cm³/mol. The van der Waals surface area contributed by atoms with Gasteiger partial charge in [-0.1, -0.05) is 45.9 Å². The third-order valence-corrected chi connectivity index (χ3v) is 5.20. The number of pyridine rings is 2. The van der Waals surface area contributed by atoms with Crippen LogP contribution in [-0.2, 0) is 0 Å². The van der Waals surface area contributed by atoms with Crippen LogP contribution in [0.1, 0.15) is 67.6 Å². The molecule has 2 nitrogen and oxygen atoms in total. The van der Waals surface area contributed by atoms with Crippen molar-refractivity contribution in [3.8, 4) is 22.4 Å². The van der Waals surface area contributed by atoms with Gasteiger partial charge in [0, 0.05) is 23.1 Å². The second kappa shape index (κ2) is 7.64. The van der Waals surface area contributed by atoms with E-state index in [4.69, 9.17) is 4.98 Å². The molecule has 2 aromatic heterocycles. The van der Waals surface area contributed by atoms with Gasteiger partial charge in [-0.25, -0.2) is 0 Å². The summed E-state index contributed by atoms with van der Waals surface area (Å²) >= 11 is 0. The normalized spacial score (nSPS) is 11.4. The molecule has 3 aromatic rings. The van der Waals surface area contributed by atoms with Crippen molar-refractivity contribution < 1.29 is 0 Å². The summed E-state index contributed by atoms with van der Waals surface area (Å²) in [5.74, 6) is 0.944. The fraction of sp³-hybridized carbons (Fsp3) is 0.360. The maximum absolute atomic E-state index is 4.70. The highest BCUT2D eigenvalue weighted by Crippen LogP contribution is 2.37. The van der Waals surface area contributed by atoms with Gasteiger partial charge in [-0.3, -0.25) is 9.97 Å². The molecule has 0 amide bonds. The molecule has 2 heteroatoms. The second-order valence-electron chi connectivity index (χ2n) is 8.09. The fourth-order valence-corrected chi connectivity index (χ4v) is 4.02. The first kappa shape index (κ1) is 19.3. The highest BCUT2D eigenvalue weighted by Gasteiger charge is 2.17. The first-order valence-electron chi connectivity index (χ1n) is 9.84. The number of benzene rings is 1. The van der Waals surface area contributed by atoms with Crippen LogP contribution in [0.25, 0.3) is 22.4 Å². The third-order valence-electron chi connectivity index (χ3n) is 5.20. The Kier molecular flexibility index (Phi) is 5.46. The molecular formula is C25H30N2. The summed E-state index contributed by atoms with van der Waals surface area (Å²) in [7, 11) is 0. The molecule has 1 aromatic carbocycles. The summed E-state index contributed by atoms with van der Waals surface area (Å²) in [6.45, 7) is 15.3. The molecule has 3 rings (SSSR count). The van der Waals surface area contributed by atoms with Gasteiger partial charge in [0.25, 0.3) is 0 Å². The standard InChI is InChI=1S/C25H30N2/c1-15(2)21-9-8-10-22(16(3)4)25(21)20-11-12-26-23(14-20)24-17(5)13-18(6)27-19(24)7/h8-16H,1-7H3. The minimum atomic E-state index is 0.472. The zero-order chi connectivity index (χ0) is 19.7. The Hall–Kier alpha value is -2.48. The Morgan fingerprint density at radius 1 is 0.778 bits per heavy atom. The van der Waals surface area contributed by atoms with Crippen molar-refractivity contribution >= 4 is 0 Å². The highest BCUT2D eigenvalue weighted by atomic mass is 14.7. The lowest BCUT2D eigenvalue weighted by atomic mass is 9.85. The van der Waals surface area contributed by atoms with E-state index in [0.29, 0.717) is 11.8 Å². The van der Waals surface area contributed by atoms with Crippen molar-refractivity contribution in [2.24, 2.45) is 0 Å². The molecule has 0 aliphatic carbocycles. The van der Waals surface area contributed by atoms with Crippen molar-refractivity contribution in [3.05, 3.63) is 70.7 Å². The largest absolute Gasteiger partial charge is 0.258 e. The van der Waals surface area contributed by atoms with Gasteiger partial charge in [0.05, 0.1) is 5.69 Å².